The molecular formula is C49H35BN2S2. The number of aromatic nitrogens is 1. The average Bonchev–Trinajstić information content (AvgIpc) is 3.86. The lowest BCUT2D eigenvalue weighted by molar-refractivity contribution is 0.590. The SMILES string of the molecule is Cc1cc2c3c(c1)N(c1ccc(C(C)(C)C)cc1-c1ccccc1)c1c(ccc4sc5ccccc5c14)B3n1c3sc4ccccc4c3c3cccc-2c31. The zero-order chi connectivity index (χ0) is 36.0. The van der Waals surface area contributed by atoms with Crippen molar-refractivity contribution in [3.8, 4) is 22.3 Å². The number of hydrogen-bond donors (Lipinski definition) is 0. The van der Waals surface area contributed by atoms with Gasteiger partial charge < -0.3 is 9.38 Å². The third kappa shape index (κ3) is 4.01. The standard InChI is InChI=1S/C49H35BN2S2/c1-28-25-36-31-17-12-18-34-43-32-15-8-11-20-41(32)54-48(43)52(46(31)34)50-37-22-24-42-44(33-16-9-10-19-40(33)53-42)47(37)51(39(26-28)45(36)50)38-23-21-30(49(2,3)4)27-35(38)29-13-6-5-7-14-29/h5-27H,1-4H3. The summed E-state index contributed by atoms with van der Waals surface area (Å²) >= 11 is 3.85. The van der Waals surface area contributed by atoms with Crippen molar-refractivity contribution in [1.82, 2.24) is 4.48 Å². The molecule has 0 unspecified atom stereocenters. The summed E-state index contributed by atoms with van der Waals surface area (Å²) in [7, 11) is 0. The Morgan fingerprint density at radius 3 is 2.07 bits per heavy atom. The Bertz CT molecular complexity index is 3230. The molecule has 54 heavy (non-hydrogen) atoms. The van der Waals surface area contributed by atoms with Crippen molar-refractivity contribution in [2.75, 3.05) is 4.90 Å². The molecule has 12 rings (SSSR count). The molecule has 0 fully saturated rings. The van der Waals surface area contributed by atoms with E-state index in [4.69, 9.17) is 0 Å². The number of hydrogen-bond acceptors (Lipinski definition) is 3. The number of aryl methyl sites for hydroxylation is 1. The van der Waals surface area contributed by atoms with Gasteiger partial charge in [-0.1, -0.05) is 124 Å². The van der Waals surface area contributed by atoms with Gasteiger partial charge in [0.2, 0.25) is 0 Å². The molecule has 2 nitrogen and oxygen atoms in total. The molecule has 0 saturated carbocycles. The van der Waals surface area contributed by atoms with E-state index in [1.807, 2.05) is 22.7 Å². The molecule has 7 aromatic carbocycles. The van der Waals surface area contributed by atoms with Crippen LogP contribution in [0.2, 0.25) is 0 Å². The molecular weight excluding hydrogens is 691 g/mol. The van der Waals surface area contributed by atoms with Gasteiger partial charge in [-0.2, -0.15) is 0 Å². The van der Waals surface area contributed by atoms with E-state index in [9.17, 15) is 0 Å². The monoisotopic (exact) mass is 726 g/mol. The lowest BCUT2D eigenvalue weighted by atomic mass is 9.45. The minimum atomic E-state index is 0.00537. The molecule has 10 aromatic rings. The van der Waals surface area contributed by atoms with Gasteiger partial charge in [-0.25, -0.2) is 0 Å². The van der Waals surface area contributed by atoms with Crippen LogP contribution in [0, 0.1) is 6.92 Å². The summed E-state index contributed by atoms with van der Waals surface area (Å²) < 4.78 is 6.72. The predicted molar refractivity (Wildman–Crippen MR) is 237 cm³/mol. The molecule has 0 N–H and O–H groups in total. The minimum absolute atomic E-state index is 0.00537. The van der Waals surface area contributed by atoms with Crippen LogP contribution in [0.1, 0.15) is 31.9 Å². The van der Waals surface area contributed by atoms with Crippen LogP contribution in [0.4, 0.5) is 17.1 Å². The first-order valence-electron chi connectivity index (χ1n) is 18.9. The Morgan fingerprint density at radius 1 is 0.556 bits per heavy atom. The van der Waals surface area contributed by atoms with E-state index in [0.717, 1.165) is 0 Å². The zero-order valence-corrected chi connectivity index (χ0v) is 32.2. The highest BCUT2D eigenvalue weighted by Gasteiger charge is 2.44. The molecule has 5 heteroatoms. The minimum Gasteiger partial charge on any atom is -0.367 e. The van der Waals surface area contributed by atoms with E-state index in [2.05, 4.69) is 177 Å². The number of para-hydroxylation sites is 1. The van der Waals surface area contributed by atoms with Crippen molar-refractivity contribution < 1.29 is 0 Å². The maximum atomic E-state index is 2.73. The Balaban J connectivity index is 1.28. The first-order valence-corrected chi connectivity index (χ1v) is 20.5. The Hall–Kier alpha value is -5.62. The molecule has 2 aliphatic rings. The van der Waals surface area contributed by atoms with Crippen molar-refractivity contribution in [3.05, 3.63) is 151 Å². The third-order valence-electron chi connectivity index (χ3n) is 12.0. The molecule has 0 atom stereocenters. The number of benzene rings is 7. The number of thiophene rings is 2. The lowest BCUT2D eigenvalue weighted by Gasteiger charge is -2.42. The van der Waals surface area contributed by atoms with Gasteiger partial charge in [0.25, 0.3) is 0 Å². The van der Waals surface area contributed by atoms with Crippen LogP contribution in [0.15, 0.2) is 140 Å². The van der Waals surface area contributed by atoms with E-state index in [-0.39, 0.29) is 12.3 Å². The molecule has 0 radical (unpaired) electrons. The lowest BCUT2D eigenvalue weighted by Crippen LogP contribution is -2.56. The number of anilines is 3. The summed E-state index contributed by atoms with van der Waals surface area (Å²) in [5.74, 6) is 0. The largest absolute Gasteiger partial charge is 0.367 e. The smallest absolute Gasteiger partial charge is 0.333 e. The molecule has 0 spiro atoms. The van der Waals surface area contributed by atoms with Gasteiger partial charge in [-0.15, -0.1) is 22.7 Å². The van der Waals surface area contributed by atoms with Gasteiger partial charge in [0.05, 0.1) is 16.2 Å². The first kappa shape index (κ1) is 30.8. The van der Waals surface area contributed by atoms with Crippen LogP contribution in [0.25, 0.3) is 73.6 Å². The fraction of sp³-hybridized carbons (Fsp3) is 0.102. The molecule has 0 saturated heterocycles. The summed E-state index contributed by atoms with van der Waals surface area (Å²) in [5, 5.41) is 6.75. The maximum Gasteiger partial charge on any atom is 0.333 e. The van der Waals surface area contributed by atoms with Crippen molar-refractivity contribution in [2.24, 2.45) is 0 Å². The molecule has 0 aliphatic carbocycles. The van der Waals surface area contributed by atoms with Crippen molar-refractivity contribution in [3.63, 3.8) is 0 Å². The second kappa shape index (κ2) is 10.8. The molecule has 3 aromatic heterocycles. The Labute approximate surface area is 322 Å². The van der Waals surface area contributed by atoms with E-state index in [1.54, 1.807) is 0 Å². The second-order valence-electron chi connectivity index (χ2n) is 16.2. The molecule has 5 heterocycles. The molecule has 0 bridgehead atoms. The zero-order valence-electron chi connectivity index (χ0n) is 30.6. The fourth-order valence-electron chi connectivity index (χ4n) is 9.62. The van der Waals surface area contributed by atoms with Gasteiger partial charge in [0.15, 0.2) is 0 Å². The van der Waals surface area contributed by atoms with Crippen LogP contribution >= 0.6 is 22.7 Å². The summed E-state index contributed by atoms with van der Waals surface area (Å²) in [5.41, 5.74) is 15.7. The highest BCUT2D eigenvalue weighted by Crippen LogP contribution is 2.52. The van der Waals surface area contributed by atoms with E-state index in [1.165, 1.54) is 113 Å². The van der Waals surface area contributed by atoms with Gasteiger partial charge in [-0.05, 0) is 81.9 Å². The van der Waals surface area contributed by atoms with Crippen molar-refractivity contribution in [1.29, 1.82) is 0 Å². The summed E-state index contributed by atoms with van der Waals surface area (Å²) in [6.45, 7) is 9.25. The van der Waals surface area contributed by atoms with Crippen LogP contribution in [0.3, 0.4) is 0 Å². The van der Waals surface area contributed by atoms with E-state index < -0.39 is 0 Å². The second-order valence-corrected chi connectivity index (χ2v) is 18.3. The molecule has 256 valence electrons. The predicted octanol–water partition coefficient (Wildman–Crippen LogP) is 13.1. The first-order chi connectivity index (χ1) is 26.3. The number of fused-ring (bicyclic) bond motifs is 13. The molecule has 0 amide bonds. The third-order valence-corrected chi connectivity index (χ3v) is 14.3. The highest BCUT2D eigenvalue weighted by molar-refractivity contribution is 7.26. The van der Waals surface area contributed by atoms with Crippen molar-refractivity contribution >= 4 is 109 Å². The Morgan fingerprint density at radius 2 is 1.28 bits per heavy atom. The summed E-state index contributed by atoms with van der Waals surface area (Å²) in [6.07, 6.45) is 0. The van der Waals surface area contributed by atoms with E-state index >= 15 is 0 Å². The summed E-state index contributed by atoms with van der Waals surface area (Å²) in [6, 6.07) is 53.0. The Kier molecular flexibility index (Phi) is 6.13. The fourth-order valence-corrected chi connectivity index (χ4v) is 12.0. The highest BCUT2D eigenvalue weighted by atomic mass is 32.1. The normalized spacial score (nSPS) is 13.5. The van der Waals surface area contributed by atoms with Gasteiger partial charge in [0, 0.05) is 63.4 Å². The van der Waals surface area contributed by atoms with Gasteiger partial charge in [-0.3, -0.25) is 0 Å². The van der Waals surface area contributed by atoms with Crippen LogP contribution < -0.4 is 15.8 Å². The average molecular weight is 727 g/mol. The van der Waals surface area contributed by atoms with Gasteiger partial charge >= 0.3 is 6.85 Å². The number of nitrogens with zero attached hydrogens (tertiary/aromatic N) is 2. The number of rotatable bonds is 2. The van der Waals surface area contributed by atoms with Crippen molar-refractivity contribution in [2.45, 2.75) is 33.1 Å². The molecule has 2 aliphatic heterocycles. The van der Waals surface area contributed by atoms with Crippen LogP contribution in [-0.4, -0.2) is 11.3 Å². The van der Waals surface area contributed by atoms with E-state index in [0.29, 0.717) is 0 Å². The topological polar surface area (TPSA) is 8.17 Å². The van der Waals surface area contributed by atoms with Crippen LogP contribution in [0.5, 0.6) is 0 Å². The summed E-state index contributed by atoms with van der Waals surface area (Å²) in [4.78, 5) is 4.01. The van der Waals surface area contributed by atoms with Crippen LogP contribution in [-0.2, 0) is 5.41 Å². The quantitative estimate of drug-likeness (QED) is 0.161. The maximum absolute atomic E-state index is 2.73. The van der Waals surface area contributed by atoms with Gasteiger partial charge in [0.1, 0.15) is 0 Å².